The summed E-state index contributed by atoms with van der Waals surface area (Å²) in [6, 6.07) is 6.03. The van der Waals surface area contributed by atoms with Crippen molar-refractivity contribution in [3.8, 4) is 5.75 Å². The minimum Gasteiger partial charge on any atom is -0.484 e. The van der Waals surface area contributed by atoms with Gasteiger partial charge in [0.25, 0.3) is 5.91 Å². The molecule has 92 valence electrons. The number of hydrogen-bond donors (Lipinski definition) is 1. The van der Waals surface area contributed by atoms with E-state index in [2.05, 4.69) is 0 Å². The Bertz CT molecular complexity index is 429. The van der Waals surface area contributed by atoms with Crippen molar-refractivity contribution >= 4 is 5.91 Å². The average Bonchev–Trinajstić information content (AvgIpc) is 2.67. The van der Waals surface area contributed by atoms with Crippen molar-refractivity contribution in [1.29, 1.82) is 0 Å². The van der Waals surface area contributed by atoms with Gasteiger partial charge in [-0.05, 0) is 36.1 Å². The molecule has 4 heteroatoms. The van der Waals surface area contributed by atoms with E-state index in [0.29, 0.717) is 0 Å². The molecule has 0 radical (unpaired) electrons. The second-order valence-electron chi connectivity index (χ2n) is 4.58. The first-order valence-electron chi connectivity index (χ1n) is 5.79. The van der Waals surface area contributed by atoms with E-state index >= 15 is 0 Å². The molecule has 0 bridgehead atoms. The van der Waals surface area contributed by atoms with E-state index in [1.54, 1.807) is 14.1 Å². The van der Waals surface area contributed by atoms with Crippen LogP contribution in [-0.2, 0) is 11.2 Å². The Hall–Kier alpha value is -1.55. The maximum atomic E-state index is 11.4. The summed E-state index contributed by atoms with van der Waals surface area (Å²) < 4.78 is 5.46. The molecule has 0 saturated heterocycles. The van der Waals surface area contributed by atoms with Crippen LogP contribution in [0.1, 0.15) is 23.6 Å². The molecule has 0 saturated carbocycles. The lowest BCUT2D eigenvalue weighted by Gasteiger charge is -2.12. The zero-order valence-electron chi connectivity index (χ0n) is 10.3. The number of rotatable bonds is 3. The quantitative estimate of drug-likeness (QED) is 0.852. The van der Waals surface area contributed by atoms with Crippen LogP contribution in [0.15, 0.2) is 18.2 Å². The van der Waals surface area contributed by atoms with E-state index in [0.717, 1.165) is 18.6 Å². The molecule has 0 unspecified atom stereocenters. The van der Waals surface area contributed by atoms with Crippen LogP contribution in [0.5, 0.6) is 5.75 Å². The molecule has 1 aromatic rings. The van der Waals surface area contributed by atoms with Crippen molar-refractivity contribution in [2.45, 2.75) is 18.9 Å². The van der Waals surface area contributed by atoms with Gasteiger partial charge in [0.15, 0.2) is 6.61 Å². The highest BCUT2D eigenvalue weighted by atomic mass is 16.5. The molecule has 0 aromatic heterocycles. The second-order valence-corrected chi connectivity index (χ2v) is 4.58. The summed E-state index contributed by atoms with van der Waals surface area (Å²) in [7, 11) is 3.43. The van der Waals surface area contributed by atoms with Crippen LogP contribution in [0.25, 0.3) is 0 Å². The molecule has 0 spiro atoms. The number of carbonyl (C=O) groups excluding carboxylic acids is 1. The number of nitrogens with zero attached hydrogens (tertiary/aromatic N) is 1. The maximum absolute atomic E-state index is 11.4. The largest absolute Gasteiger partial charge is 0.484 e. The van der Waals surface area contributed by atoms with Crippen molar-refractivity contribution in [3.05, 3.63) is 29.3 Å². The zero-order chi connectivity index (χ0) is 12.4. The van der Waals surface area contributed by atoms with Crippen LogP contribution in [0.2, 0.25) is 0 Å². The fourth-order valence-electron chi connectivity index (χ4n) is 1.99. The monoisotopic (exact) mass is 234 g/mol. The fourth-order valence-corrected chi connectivity index (χ4v) is 1.99. The van der Waals surface area contributed by atoms with E-state index in [1.807, 2.05) is 18.2 Å². The molecule has 4 nitrogen and oxygen atoms in total. The van der Waals surface area contributed by atoms with Crippen molar-refractivity contribution in [2.75, 3.05) is 20.7 Å². The Morgan fingerprint density at radius 1 is 1.53 bits per heavy atom. The minimum atomic E-state index is -0.0396. The molecule has 1 aliphatic rings. The normalized spacial score (nSPS) is 17.7. The molecular weight excluding hydrogens is 216 g/mol. The van der Waals surface area contributed by atoms with Gasteiger partial charge in [0.1, 0.15) is 5.75 Å². The molecule has 1 atom stereocenters. The summed E-state index contributed by atoms with van der Waals surface area (Å²) >= 11 is 0. The summed E-state index contributed by atoms with van der Waals surface area (Å²) in [5, 5.41) is 0. The lowest BCUT2D eigenvalue weighted by molar-refractivity contribution is -0.130. The predicted octanol–water partition coefficient (Wildman–Crippen LogP) is 1.10. The molecule has 0 heterocycles. The van der Waals surface area contributed by atoms with Gasteiger partial charge in [0.2, 0.25) is 0 Å². The van der Waals surface area contributed by atoms with E-state index < -0.39 is 0 Å². The number of likely N-dealkylation sites (N-methyl/N-ethyl adjacent to an activating group) is 1. The molecule has 0 aliphatic heterocycles. The summed E-state index contributed by atoms with van der Waals surface area (Å²) in [5.41, 5.74) is 8.40. The number of ether oxygens (including phenoxy) is 1. The van der Waals surface area contributed by atoms with Gasteiger partial charge >= 0.3 is 0 Å². The number of benzene rings is 1. The first kappa shape index (κ1) is 11.9. The van der Waals surface area contributed by atoms with Crippen molar-refractivity contribution < 1.29 is 9.53 Å². The highest BCUT2D eigenvalue weighted by Crippen LogP contribution is 2.31. The Balaban J connectivity index is 2.02. The minimum absolute atomic E-state index is 0.0396. The van der Waals surface area contributed by atoms with Crippen molar-refractivity contribution in [3.63, 3.8) is 0 Å². The van der Waals surface area contributed by atoms with Gasteiger partial charge in [0, 0.05) is 20.1 Å². The van der Waals surface area contributed by atoms with Crippen LogP contribution in [0.4, 0.5) is 0 Å². The van der Waals surface area contributed by atoms with Crippen molar-refractivity contribution in [2.24, 2.45) is 5.73 Å². The average molecular weight is 234 g/mol. The first-order valence-corrected chi connectivity index (χ1v) is 5.79. The molecule has 1 aliphatic carbocycles. The number of hydrogen-bond acceptors (Lipinski definition) is 3. The molecule has 2 N–H and O–H groups in total. The van der Waals surface area contributed by atoms with Gasteiger partial charge in [-0.3, -0.25) is 4.79 Å². The van der Waals surface area contributed by atoms with Gasteiger partial charge in [-0.15, -0.1) is 0 Å². The Morgan fingerprint density at radius 3 is 3.00 bits per heavy atom. The number of carbonyl (C=O) groups is 1. The summed E-state index contributed by atoms with van der Waals surface area (Å²) in [6.45, 7) is 0.0812. The zero-order valence-corrected chi connectivity index (χ0v) is 10.3. The fraction of sp³-hybridized carbons (Fsp3) is 0.462. The predicted molar refractivity (Wildman–Crippen MR) is 65.9 cm³/mol. The van der Waals surface area contributed by atoms with Crippen LogP contribution in [-0.4, -0.2) is 31.5 Å². The van der Waals surface area contributed by atoms with E-state index in [1.165, 1.54) is 16.0 Å². The van der Waals surface area contributed by atoms with Gasteiger partial charge in [0.05, 0.1) is 0 Å². The SMILES string of the molecule is CN(C)C(=O)COc1ccc2c(c1)CC[C@H]2N. The van der Waals surface area contributed by atoms with Gasteiger partial charge in [-0.2, -0.15) is 0 Å². The third-order valence-electron chi connectivity index (χ3n) is 3.10. The summed E-state index contributed by atoms with van der Waals surface area (Å²) in [5.74, 6) is 0.704. The number of nitrogens with two attached hydrogens (primary N) is 1. The van der Waals surface area contributed by atoms with Crippen LogP contribution in [0, 0.1) is 0 Å². The highest BCUT2D eigenvalue weighted by Gasteiger charge is 2.19. The van der Waals surface area contributed by atoms with E-state index in [4.69, 9.17) is 10.5 Å². The topological polar surface area (TPSA) is 55.6 Å². The smallest absolute Gasteiger partial charge is 0.259 e. The highest BCUT2D eigenvalue weighted by molar-refractivity contribution is 5.77. The molecule has 2 rings (SSSR count). The van der Waals surface area contributed by atoms with Crippen LogP contribution >= 0.6 is 0 Å². The Morgan fingerprint density at radius 2 is 2.29 bits per heavy atom. The first-order chi connectivity index (χ1) is 8.08. The van der Waals surface area contributed by atoms with Crippen LogP contribution in [0.3, 0.4) is 0 Å². The molecule has 17 heavy (non-hydrogen) atoms. The van der Waals surface area contributed by atoms with Gasteiger partial charge < -0.3 is 15.4 Å². The number of aryl methyl sites for hydroxylation is 1. The number of amides is 1. The molecule has 0 fully saturated rings. The standard InChI is InChI=1S/C13H18N2O2/c1-15(2)13(16)8-17-10-4-5-11-9(7-10)3-6-12(11)14/h4-5,7,12H,3,6,8,14H2,1-2H3/t12-/m1/s1. The number of fused-ring (bicyclic) bond motifs is 1. The Kier molecular flexibility index (Phi) is 3.33. The van der Waals surface area contributed by atoms with E-state index in [-0.39, 0.29) is 18.6 Å². The third kappa shape index (κ3) is 2.58. The lowest BCUT2D eigenvalue weighted by Crippen LogP contribution is -2.27. The summed E-state index contributed by atoms with van der Waals surface area (Å²) in [6.07, 6.45) is 1.99. The second kappa shape index (κ2) is 4.75. The van der Waals surface area contributed by atoms with Gasteiger partial charge in [-0.25, -0.2) is 0 Å². The van der Waals surface area contributed by atoms with Gasteiger partial charge in [-0.1, -0.05) is 6.07 Å². The maximum Gasteiger partial charge on any atom is 0.259 e. The van der Waals surface area contributed by atoms with Crippen molar-refractivity contribution in [1.82, 2.24) is 4.90 Å². The van der Waals surface area contributed by atoms with E-state index in [9.17, 15) is 4.79 Å². The molecule has 1 aromatic carbocycles. The lowest BCUT2D eigenvalue weighted by atomic mass is 10.1. The third-order valence-corrected chi connectivity index (χ3v) is 3.10. The molecular formula is C13H18N2O2. The van der Waals surface area contributed by atoms with Crippen LogP contribution < -0.4 is 10.5 Å². The Labute approximate surface area is 101 Å². The molecule has 1 amide bonds. The summed E-state index contributed by atoms with van der Waals surface area (Å²) in [4.78, 5) is 12.9.